The van der Waals surface area contributed by atoms with E-state index in [4.69, 9.17) is 15.7 Å². The summed E-state index contributed by atoms with van der Waals surface area (Å²) in [5, 5.41) is 21.9. The van der Waals surface area contributed by atoms with Gasteiger partial charge in [0.1, 0.15) is 24.6 Å². The normalized spacial score (nSPS) is 16.0. The molecule has 1 unspecified atom stereocenters. The Hall–Kier alpha value is -3.41. The monoisotopic (exact) mass is 422 g/mol. The van der Waals surface area contributed by atoms with Gasteiger partial charge in [0.15, 0.2) is 0 Å². The molecule has 4 N–H and O–H groups in total. The van der Waals surface area contributed by atoms with Crippen LogP contribution >= 0.6 is 0 Å². The predicted octanol–water partition coefficient (Wildman–Crippen LogP) is 1.53. The molecule has 0 aliphatic carbocycles. The average Bonchev–Trinajstić information content (AvgIpc) is 2.81. The van der Waals surface area contributed by atoms with Gasteiger partial charge in [-0.15, -0.1) is 0 Å². The molecule has 0 radical (unpaired) electrons. The van der Waals surface area contributed by atoms with Crippen molar-refractivity contribution in [2.45, 2.75) is 38.1 Å². The first-order valence-corrected chi connectivity index (χ1v) is 10.2. The van der Waals surface area contributed by atoms with Crippen molar-refractivity contribution in [1.82, 2.24) is 10.2 Å². The van der Waals surface area contributed by atoms with E-state index < -0.39 is 24.1 Å². The third kappa shape index (κ3) is 6.04. The maximum absolute atomic E-state index is 12.6. The molecule has 1 aliphatic rings. The molecule has 2 atom stereocenters. The lowest BCUT2D eigenvalue weighted by Gasteiger charge is -2.34. The van der Waals surface area contributed by atoms with Crippen molar-refractivity contribution in [3.05, 3.63) is 65.2 Å². The van der Waals surface area contributed by atoms with E-state index in [2.05, 4.69) is 11.4 Å². The van der Waals surface area contributed by atoms with Gasteiger partial charge in [0, 0.05) is 18.7 Å². The number of carbonyl (C=O) groups is 2. The summed E-state index contributed by atoms with van der Waals surface area (Å²) in [5.74, 6) is -0.715. The number of likely N-dealkylation sites (tertiary alicyclic amines) is 1. The lowest BCUT2D eigenvalue weighted by molar-refractivity contribution is -0.127. The number of piperidine rings is 1. The lowest BCUT2D eigenvalue weighted by Crippen LogP contribution is -2.58. The van der Waals surface area contributed by atoms with Crippen LogP contribution in [0.15, 0.2) is 48.5 Å². The number of nitriles is 1. The Morgan fingerprint density at radius 2 is 1.74 bits per heavy atom. The Morgan fingerprint density at radius 1 is 1.10 bits per heavy atom. The quantitative estimate of drug-likeness (QED) is 0.592. The van der Waals surface area contributed by atoms with Crippen LogP contribution in [-0.4, -0.2) is 47.2 Å². The molecule has 2 aromatic rings. The van der Waals surface area contributed by atoms with Crippen LogP contribution in [0.5, 0.6) is 5.75 Å². The second-order valence-electron chi connectivity index (χ2n) is 7.49. The summed E-state index contributed by atoms with van der Waals surface area (Å²) in [5.41, 5.74) is 7.25. The van der Waals surface area contributed by atoms with Crippen LogP contribution in [0, 0.1) is 11.3 Å². The smallest absolute Gasteiger partial charge is 0.252 e. The zero-order chi connectivity index (χ0) is 22.2. The minimum absolute atomic E-state index is 0.322. The number of rotatable bonds is 8. The van der Waals surface area contributed by atoms with E-state index in [0.29, 0.717) is 36.6 Å². The molecular formula is C23H26N4O4. The number of nitrogens with one attached hydrogen (secondary N) is 1. The van der Waals surface area contributed by atoms with Crippen LogP contribution in [0.2, 0.25) is 0 Å². The highest BCUT2D eigenvalue weighted by Crippen LogP contribution is 2.16. The molecule has 162 valence electrons. The molecule has 8 heteroatoms. The largest absolute Gasteiger partial charge is 0.489 e. The van der Waals surface area contributed by atoms with Gasteiger partial charge in [-0.25, -0.2) is 0 Å². The molecule has 2 aromatic carbocycles. The van der Waals surface area contributed by atoms with E-state index in [1.807, 2.05) is 12.1 Å². The fraction of sp³-hybridized carbons (Fsp3) is 0.348. The van der Waals surface area contributed by atoms with E-state index >= 15 is 0 Å². The summed E-state index contributed by atoms with van der Waals surface area (Å²) >= 11 is 0. The van der Waals surface area contributed by atoms with E-state index in [1.165, 1.54) is 0 Å². The molecule has 3 rings (SSSR count). The van der Waals surface area contributed by atoms with E-state index in [1.54, 1.807) is 41.3 Å². The first-order valence-electron chi connectivity index (χ1n) is 10.2. The van der Waals surface area contributed by atoms with Gasteiger partial charge in [0.25, 0.3) is 5.91 Å². The Kier molecular flexibility index (Phi) is 7.60. The second-order valence-corrected chi connectivity index (χ2v) is 7.49. The molecule has 0 spiro atoms. The van der Waals surface area contributed by atoms with Crippen molar-refractivity contribution in [2.75, 3.05) is 13.1 Å². The molecule has 1 fully saturated rings. The number of hydrogen-bond donors (Lipinski definition) is 3. The highest BCUT2D eigenvalue weighted by atomic mass is 16.5. The summed E-state index contributed by atoms with van der Waals surface area (Å²) in [6.45, 7) is 1.64. The van der Waals surface area contributed by atoms with Gasteiger partial charge < -0.3 is 20.9 Å². The average molecular weight is 422 g/mol. The van der Waals surface area contributed by atoms with Crippen molar-refractivity contribution in [3.8, 4) is 11.8 Å². The highest BCUT2D eigenvalue weighted by Gasteiger charge is 2.32. The molecular weight excluding hydrogens is 396 g/mol. The minimum atomic E-state index is -1.20. The summed E-state index contributed by atoms with van der Waals surface area (Å²) in [7, 11) is 0. The van der Waals surface area contributed by atoms with Crippen molar-refractivity contribution < 1.29 is 19.4 Å². The number of ether oxygens (including phenoxy) is 1. The summed E-state index contributed by atoms with van der Waals surface area (Å²) < 4.78 is 5.70. The molecule has 1 saturated heterocycles. The molecule has 0 bridgehead atoms. The molecule has 0 saturated carbocycles. The van der Waals surface area contributed by atoms with Gasteiger partial charge in [-0.05, 0) is 54.8 Å². The summed E-state index contributed by atoms with van der Waals surface area (Å²) in [6.07, 6.45) is 1.79. The fourth-order valence-corrected chi connectivity index (χ4v) is 3.46. The fourth-order valence-electron chi connectivity index (χ4n) is 3.46. The van der Waals surface area contributed by atoms with Crippen molar-refractivity contribution in [3.63, 3.8) is 0 Å². The number of aliphatic hydroxyl groups is 1. The zero-order valence-electron chi connectivity index (χ0n) is 17.2. The third-order valence-electron chi connectivity index (χ3n) is 5.26. The second kappa shape index (κ2) is 10.6. The SMILES string of the molecule is N#Cc1ccc(COc2ccc(C(=O)N[C@H](C(N)=O)C(O)N3CCCCC3)cc2)cc1. The zero-order valence-corrected chi connectivity index (χ0v) is 17.2. The standard InChI is InChI=1S/C23H26N4O4/c24-14-16-4-6-17(7-5-16)15-31-19-10-8-18(9-11-19)22(29)26-20(21(25)28)23(30)27-12-2-1-3-13-27/h4-11,20,23,30H,1-3,12-13,15H2,(H2,25,28)(H,26,29)/t20-,23?/m1/s1. The van der Waals surface area contributed by atoms with Crippen LogP contribution < -0.4 is 15.8 Å². The lowest BCUT2D eigenvalue weighted by atomic mass is 10.1. The number of aliphatic hydroxyl groups excluding tert-OH is 1. The van der Waals surface area contributed by atoms with Crippen molar-refractivity contribution >= 4 is 11.8 Å². The number of primary amides is 1. The molecule has 1 heterocycles. The predicted molar refractivity (Wildman–Crippen MR) is 114 cm³/mol. The Bertz CT molecular complexity index is 932. The van der Waals surface area contributed by atoms with Crippen LogP contribution in [0.4, 0.5) is 0 Å². The third-order valence-corrected chi connectivity index (χ3v) is 5.26. The maximum atomic E-state index is 12.6. The highest BCUT2D eigenvalue weighted by molar-refractivity contribution is 5.97. The number of nitrogens with two attached hydrogens (primary N) is 1. The first kappa shape index (κ1) is 22.3. The summed E-state index contributed by atoms with van der Waals surface area (Å²) in [6, 6.07) is 14.4. The van der Waals surface area contributed by atoms with Crippen LogP contribution in [0.1, 0.15) is 40.7 Å². The number of hydrogen-bond acceptors (Lipinski definition) is 6. The van der Waals surface area contributed by atoms with E-state index in [-0.39, 0.29) is 0 Å². The van der Waals surface area contributed by atoms with Gasteiger partial charge in [0.2, 0.25) is 5.91 Å². The van der Waals surface area contributed by atoms with Crippen LogP contribution in [-0.2, 0) is 11.4 Å². The topological polar surface area (TPSA) is 129 Å². The van der Waals surface area contributed by atoms with Crippen LogP contribution in [0.3, 0.4) is 0 Å². The van der Waals surface area contributed by atoms with Gasteiger partial charge in [-0.2, -0.15) is 5.26 Å². The van der Waals surface area contributed by atoms with Gasteiger partial charge >= 0.3 is 0 Å². The maximum Gasteiger partial charge on any atom is 0.252 e. The molecule has 8 nitrogen and oxygen atoms in total. The number of benzene rings is 2. The van der Waals surface area contributed by atoms with E-state index in [0.717, 1.165) is 24.8 Å². The van der Waals surface area contributed by atoms with Gasteiger partial charge in [-0.1, -0.05) is 18.6 Å². The molecule has 1 aliphatic heterocycles. The molecule has 2 amide bonds. The van der Waals surface area contributed by atoms with Gasteiger partial charge in [-0.3, -0.25) is 14.5 Å². The van der Waals surface area contributed by atoms with E-state index in [9.17, 15) is 14.7 Å². The van der Waals surface area contributed by atoms with Crippen molar-refractivity contribution in [2.24, 2.45) is 5.73 Å². The number of carbonyl (C=O) groups excluding carboxylic acids is 2. The number of nitrogens with zero attached hydrogens (tertiary/aromatic N) is 2. The number of amides is 2. The summed E-state index contributed by atoms with van der Waals surface area (Å²) in [4.78, 5) is 26.2. The minimum Gasteiger partial charge on any atom is -0.489 e. The van der Waals surface area contributed by atoms with Crippen molar-refractivity contribution in [1.29, 1.82) is 5.26 Å². The Balaban J connectivity index is 1.57. The first-order chi connectivity index (χ1) is 15.0. The Morgan fingerprint density at radius 3 is 2.32 bits per heavy atom. The van der Waals surface area contributed by atoms with Gasteiger partial charge in [0.05, 0.1) is 11.6 Å². The molecule has 0 aromatic heterocycles. The molecule has 31 heavy (non-hydrogen) atoms. The Labute approximate surface area is 181 Å². The van der Waals surface area contributed by atoms with Crippen LogP contribution in [0.25, 0.3) is 0 Å².